The number of benzene rings is 1. The van der Waals surface area contributed by atoms with E-state index in [9.17, 15) is 0 Å². The quantitative estimate of drug-likeness (QED) is 0.924. The fraction of sp³-hybridized carbons (Fsp3) is 0.538. The molecule has 2 N–H and O–H groups in total. The molecule has 0 saturated heterocycles. The summed E-state index contributed by atoms with van der Waals surface area (Å²) in [6, 6.07) is 2.08. The summed E-state index contributed by atoms with van der Waals surface area (Å²) in [4.78, 5) is 0. The van der Waals surface area contributed by atoms with Crippen LogP contribution in [0.15, 0.2) is 10.5 Å². The monoisotopic (exact) mass is 285 g/mol. The first kappa shape index (κ1) is 13.5. The zero-order valence-corrected chi connectivity index (χ0v) is 12.2. The van der Waals surface area contributed by atoms with Gasteiger partial charge in [0.1, 0.15) is 5.75 Å². The molecule has 90 valence electrons. The molecule has 0 amide bonds. The van der Waals surface area contributed by atoms with Gasteiger partial charge in [0.25, 0.3) is 0 Å². The Morgan fingerprint density at radius 1 is 1.38 bits per heavy atom. The van der Waals surface area contributed by atoms with E-state index in [0.29, 0.717) is 0 Å². The van der Waals surface area contributed by atoms with Gasteiger partial charge in [0, 0.05) is 15.6 Å². The van der Waals surface area contributed by atoms with E-state index in [2.05, 4.69) is 35.8 Å². The fourth-order valence-electron chi connectivity index (χ4n) is 1.87. The van der Waals surface area contributed by atoms with Crippen molar-refractivity contribution in [3.05, 3.63) is 27.2 Å². The third-order valence-corrected chi connectivity index (χ3v) is 3.45. The summed E-state index contributed by atoms with van der Waals surface area (Å²) in [5, 5.41) is 0. The molecule has 3 heteroatoms. The van der Waals surface area contributed by atoms with Crippen molar-refractivity contribution in [2.45, 2.75) is 39.7 Å². The number of ether oxygens (including phenoxy) is 1. The van der Waals surface area contributed by atoms with Gasteiger partial charge in [0.15, 0.2) is 0 Å². The highest BCUT2D eigenvalue weighted by atomic mass is 79.9. The lowest BCUT2D eigenvalue weighted by molar-refractivity contribution is 0.398. The van der Waals surface area contributed by atoms with E-state index in [1.165, 1.54) is 11.1 Å². The highest BCUT2D eigenvalue weighted by Gasteiger charge is 2.19. The highest BCUT2D eigenvalue weighted by Crippen LogP contribution is 2.34. The maximum Gasteiger partial charge on any atom is 0.125 e. The Morgan fingerprint density at radius 3 is 2.38 bits per heavy atom. The van der Waals surface area contributed by atoms with Crippen LogP contribution in [0, 0.1) is 13.8 Å². The van der Waals surface area contributed by atoms with Crippen LogP contribution in [0.4, 0.5) is 0 Å². The van der Waals surface area contributed by atoms with Crippen LogP contribution in [0.5, 0.6) is 5.75 Å². The van der Waals surface area contributed by atoms with Gasteiger partial charge in [-0.05, 0) is 51.3 Å². The van der Waals surface area contributed by atoms with Crippen molar-refractivity contribution in [2.75, 3.05) is 7.11 Å². The lowest BCUT2D eigenvalue weighted by atomic mass is 9.91. The number of hydrogen-bond donors (Lipinski definition) is 1. The summed E-state index contributed by atoms with van der Waals surface area (Å²) in [6.07, 6.45) is 0.808. The predicted molar refractivity (Wildman–Crippen MR) is 72.1 cm³/mol. The van der Waals surface area contributed by atoms with E-state index < -0.39 is 0 Å². The Hall–Kier alpha value is -0.540. The van der Waals surface area contributed by atoms with Gasteiger partial charge in [-0.15, -0.1) is 0 Å². The minimum absolute atomic E-state index is 0.231. The van der Waals surface area contributed by atoms with E-state index in [4.69, 9.17) is 10.5 Å². The van der Waals surface area contributed by atoms with Gasteiger partial charge >= 0.3 is 0 Å². The molecule has 0 fully saturated rings. The van der Waals surface area contributed by atoms with Crippen molar-refractivity contribution in [2.24, 2.45) is 5.73 Å². The third kappa shape index (κ3) is 2.98. The number of methoxy groups -OCH3 is 1. The van der Waals surface area contributed by atoms with Crippen LogP contribution in [0.1, 0.15) is 30.5 Å². The van der Waals surface area contributed by atoms with Crippen molar-refractivity contribution in [1.82, 2.24) is 0 Å². The zero-order valence-electron chi connectivity index (χ0n) is 10.6. The molecular weight excluding hydrogens is 266 g/mol. The molecule has 0 bridgehead atoms. The normalized spacial score (nSPS) is 11.7. The number of halogens is 1. The summed E-state index contributed by atoms with van der Waals surface area (Å²) in [5.41, 5.74) is 9.40. The number of nitrogens with two attached hydrogens (primary N) is 1. The molecule has 0 aliphatic carbocycles. The van der Waals surface area contributed by atoms with Crippen molar-refractivity contribution >= 4 is 15.9 Å². The van der Waals surface area contributed by atoms with Crippen LogP contribution < -0.4 is 10.5 Å². The van der Waals surface area contributed by atoms with Gasteiger partial charge in [-0.2, -0.15) is 0 Å². The lowest BCUT2D eigenvalue weighted by Crippen LogP contribution is -2.34. The number of hydrogen-bond acceptors (Lipinski definition) is 2. The SMILES string of the molecule is COc1c(C)cc(Br)c(C)c1CC(C)(C)N. The molecule has 1 aromatic carbocycles. The Morgan fingerprint density at radius 2 is 1.94 bits per heavy atom. The van der Waals surface area contributed by atoms with Crippen molar-refractivity contribution in [3.8, 4) is 5.75 Å². The molecule has 1 rings (SSSR count). The Kier molecular flexibility index (Phi) is 4.02. The summed E-state index contributed by atoms with van der Waals surface area (Å²) < 4.78 is 6.60. The molecule has 2 nitrogen and oxygen atoms in total. The van der Waals surface area contributed by atoms with E-state index in [-0.39, 0.29) is 5.54 Å². The van der Waals surface area contributed by atoms with Crippen molar-refractivity contribution in [3.63, 3.8) is 0 Å². The molecule has 0 heterocycles. The largest absolute Gasteiger partial charge is 0.496 e. The first-order valence-electron chi connectivity index (χ1n) is 5.37. The topological polar surface area (TPSA) is 35.2 Å². The number of rotatable bonds is 3. The second kappa shape index (κ2) is 4.76. The van der Waals surface area contributed by atoms with Gasteiger partial charge in [-0.25, -0.2) is 0 Å². The standard InChI is InChI=1S/C13H20BrNO/c1-8-6-11(14)9(2)10(12(8)16-5)7-13(3,4)15/h6H,7,15H2,1-5H3. The summed E-state index contributed by atoms with van der Waals surface area (Å²) in [5.74, 6) is 0.958. The van der Waals surface area contributed by atoms with E-state index in [1.807, 2.05) is 13.8 Å². The third-order valence-electron chi connectivity index (χ3n) is 2.62. The van der Waals surface area contributed by atoms with Gasteiger partial charge in [0.2, 0.25) is 0 Å². The summed E-state index contributed by atoms with van der Waals surface area (Å²) in [7, 11) is 1.71. The average molecular weight is 286 g/mol. The average Bonchev–Trinajstić information content (AvgIpc) is 2.12. The van der Waals surface area contributed by atoms with Crippen LogP contribution >= 0.6 is 15.9 Å². The number of aryl methyl sites for hydroxylation is 1. The Labute approximate surface area is 106 Å². The highest BCUT2D eigenvalue weighted by molar-refractivity contribution is 9.10. The van der Waals surface area contributed by atoms with E-state index in [0.717, 1.165) is 22.2 Å². The molecular formula is C13H20BrNO. The van der Waals surface area contributed by atoms with E-state index in [1.54, 1.807) is 7.11 Å². The van der Waals surface area contributed by atoms with Crippen LogP contribution in [0.2, 0.25) is 0 Å². The molecule has 1 aromatic rings. The fourth-order valence-corrected chi connectivity index (χ4v) is 2.45. The minimum atomic E-state index is -0.231. The van der Waals surface area contributed by atoms with Crippen LogP contribution in [-0.4, -0.2) is 12.6 Å². The molecule has 0 aliphatic heterocycles. The smallest absolute Gasteiger partial charge is 0.125 e. The van der Waals surface area contributed by atoms with Gasteiger partial charge in [-0.1, -0.05) is 15.9 Å². The van der Waals surface area contributed by atoms with Crippen molar-refractivity contribution in [1.29, 1.82) is 0 Å². The van der Waals surface area contributed by atoms with Crippen LogP contribution in [0.25, 0.3) is 0 Å². The van der Waals surface area contributed by atoms with Gasteiger partial charge in [-0.3, -0.25) is 0 Å². The van der Waals surface area contributed by atoms with E-state index >= 15 is 0 Å². The Bertz CT molecular complexity index is 394. The molecule has 0 atom stereocenters. The maximum absolute atomic E-state index is 6.09. The van der Waals surface area contributed by atoms with Gasteiger partial charge in [0.05, 0.1) is 7.11 Å². The summed E-state index contributed by atoms with van der Waals surface area (Å²) in [6.45, 7) is 8.20. The molecule has 0 saturated carbocycles. The predicted octanol–water partition coefficient (Wildman–Crippen LogP) is 3.35. The molecule has 0 aromatic heterocycles. The Balaban J connectivity index is 3.33. The lowest BCUT2D eigenvalue weighted by Gasteiger charge is -2.23. The van der Waals surface area contributed by atoms with Crippen molar-refractivity contribution < 1.29 is 4.74 Å². The summed E-state index contributed by atoms with van der Waals surface area (Å²) >= 11 is 3.57. The first-order valence-corrected chi connectivity index (χ1v) is 6.17. The molecule has 0 unspecified atom stereocenters. The van der Waals surface area contributed by atoms with Crippen LogP contribution in [-0.2, 0) is 6.42 Å². The molecule has 0 aliphatic rings. The van der Waals surface area contributed by atoms with Gasteiger partial charge < -0.3 is 10.5 Å². The zero-order chi connectivity index (χ0) is 12.5. The molecule has 16 heavy (non-hydrogen) atoms. The van der Waals surface area contributed by atoms with Crippen LogP contribution in [0.3, 0.4) is 0 Å². The second-order valence-electron chi connectivity index (χ2n) is 4.98. The molecule has 0 spiro atoms. The molecule has 0 radical (unpaired) electrons. The first-order chi connectivity index (χ1) is 7.26. The maximum atomic E-state index is 6.09. The second-order valence-corrected chi connectivity index (χ2v) is 5.83. The minimum Gasteiger partial charge on any atom is -0.496 e.